The first-order chi connectivity index (χ1) is 39.8. The summed E-state index contributed by atoms with van der Waals surface area (Å²) in [5.74, 6) is -1.92. The van der Waals surface area contributed by atoms with E-state index >= 15 is 0 Å². The van der Waals surface area contributed by atoms with Gasteiger partial charge in [0.15, 0.2) is 11.4 Å². The molecule has 444 valence electrons. The van der Waals surface area contributed by atoms with E-state index in [4.69, 9.17) is 18.5 Å². The van der Waals surface area contributed by atoms with E-state index in [2.05, 4.69) is 24.0 Å². The van der Waals surface area contributed by atoms with E-state index in [0.717, 1.165) is 48.5 Å². The van der Waals surface area contributed by atoms with Crippen molar-refractivity contribution >= 4 is 47.5 Å². The van der Waals surface area contributed by atoms with Gasteiger partial charge in [-0.1, -0.05) is 106 Å². The summed E-state index contributed by atoms with van der Waals surface area (Å²) in [5, 5.41) is 9.56. The highest BCUT2D eigenvalue weighted by Crippen LogP contribution is 2.27. The van der Waals surface area contributed by atoms with Crippen LogP contribution in [0.3, 0.4) is 0 Å². The lowest BCUT2D eigenvalue weighted by Crippen LogP contribution is -2.55. The quantitative estimate of drug-likeness (QED) is 0.0278. The van der Waals surface area contributed by atoms with Crippen molar-refractivity contribution in [2.75, 3.05) is 19.8 Å². The van der Waals surface area contributed by atoms with Gasteiger partial charge in [0.1, 0.15) is 54.3 Å². The molecule has 0 aliphatic rings. The molecule has 0 saturated carbocycles. The second kappa shape index (κ2) is 27.4. The van der Waals surface area contributed by atoms with Gasteiger partial charge in [-0.3, -0.25) is 12.9 Å². The number of aromatic nitrogens is 3. The first kappa shape index (κ1) is 62.6. The van der Waals surface area contributed by atoms with Gasteiger partial charge in [0, 0.05) is 11.1 Å². The van der Waals surface area contributed by atoms with Crippen molar-refractivity contribution in [3.63, 3.8) is 0 Å². The molecule has 0 bridgehead atoms. The number of nitrogens with zero attached hydrogens (tertiary/aromatic N) is 6. The Balaban J connectivity index is 1.06. The molecule has 0 fully saturated rings. The van der Waals surface area contributed by atoms with Crippen molar-refractivity contribution in [3.05, 3.63) is 229 Å². The van der Waals surface area contributed by atoms with Crippen molar-refractivity contribution in [2.45, 2.75) is 56.2 Å². The van der Waals surface area contributed by atoms with E-state index < -0.39 is 132 Å². The third-order valence-electron chi connectivity index (χ3n) is 11.5. The molecule has 1 aromatic heterocycles. The Morgan fingerprint density at radius 2 is 0.655 bits per heavy atom. The lowest BCUT2D eigenvalue weighted by Gasteiger charge is -2.16. The first-order valence-electron chi connectivity index (χ1n) is 24.6. The van der Waals surface area contributed by atoms with Crippen LogP contribution in [-0.4, -0.2) is 88.3 Å². The van der Waals surface area contributed by atoms with Gasteiger partial charge in [0.2, 0.25) is 0 Å². The number of rotatable bonds is 27. The molecule has 0 spiro atoms. The monoisotopic (exact) mass is 1230 g/mol. The van der Waals surface area contributed by atoms with Crippen LogP contribution in [0.15, 0.2) is 194 Å². The summed E-state index contributed by atoms with van der Waals surface area (Å²) in [5.41, 5.74) is -6.50. The molecule has 7 rings (SSSR count). The maximum Gasteiger partial charge on any atom is 0.437 e. The van der Waals surface area contributed by atoms with Gasteiger partial charge in [-0.15, -0.1) is 0 Å². The Morgan fingerprint density at radius 3 is 0.929 bits per heavy atom. The molecule has 7 aromatic rings. The lowest BCUT2D eigenvalue weighted by molar-refractivity contribution is -0.0606. The third kappa shape index (κ3) is 18.2. The van der Waals surface area contributed by atoms with Gasteiger partial charge in [-0.2, -0.15) is 51.6 Å². The highest BCUT2D eigenvalue weighted by Gasteiger charge is 2.40. The van der Waals surface area contributed by atoms with Crippen LogP contribution < -0.4 is 31.3 Å². The molecule has 0 saturated heterocycles. The molecule has 84 heavy (non-hydrogen) atoms. The molecule has 0 amide bonds. The van der Waals surface area contributed by atoms with Crippen LogP contribution in [0, 0.1) is 0 Å². The number of ether oxygens (including phenoxy) is 3. The highest BCUT2D eigenvalue weighted by molar-refractivity contribution is 7.86. The standard InChI is InChI=1S/C54H48F6N6O15S3/c1-38(61-79-82(70,71)35-39-11-5-2-6-12-39)42-17-23-45(24-18-42)76-32-29-64-50(67)65(30-33-77-46-25-19-43(20-26-46)48(53(55,56)57)62-80-83(72,73)36-40-13-7-3-8-14-40)52(69)66(51(64)68)31-34-78-47-27-21-44(22-28-47)49(54(58,59)60)63-81-84(74,75)37-41-15-9-4-10-16-41/h2-28H,29-37H2,1H3/b61-38-,62-48+,63-49+. The molecule has 0 unspecified atom stereocenters. The first-order valence-corrected chi connectivity index (χ1v) is 29.3. The fraction of sp³-hybridized carbons (Fsp3) is 0.222. The average Bonchev–Trinajstić information content (AvgIpc) is 2.79. The molecule has 21 nitrogen and oxygen atoms in total. The van der Waals surface area contributed by atoms with Crippen molar-refractivity contribution in [1.29, 1.82) is 0 Å². The molecule has 0 N–H and O–H groups in total. The second-order valence-corrected chi connectivity index (χ2v) is 22.4. The summed E-state index contributed by atoms with van der Waals surface area (Å²) in [7, 11) is -13.3. The summed E-state index contributed by atoms with van der Waals surface area (Å²) < 4.78 is 192. The summed E-state index contributed by atoms with van der Waals surface area (Å²) >= 11 is 0. The average molecular weight is 1230 g/mol. The SMILES string of the molecule is C/C(=N/OS(=O)(=O)Cc1ccccc1)c1ccc(OCCn2c(=O)n(CCOc3ccc(/C(=N\OS(=O)(=O)Cc4ccccc4)C(F)(F)F)cc3)c(=O)n(CCOc3ccc(/C(=N\OS(=O)(=O)Cc4ccccc4)C(F)(F)F)cc3)c2=O)cc1. The molecule has 6 aromatic carbocycles. The van der Waals surface area contributed by atoms with Crippen LogP contribution in [-0.2, 0) is 80.1 Å². The van der Waals surface area contributed by atoms with Crippen LogP contribution >= 0.6 is 0 Å². The van der Waals surface area contributed by atoms with E-state index in [1.165, 1.54) is 79.7 Å². The smallest absolute Gasteiger partial charge is 0.437 e. The maximum absolute atomic E-state index is 14.1. The van der Waals surface area contributed by atoms with Crippen LogP contribution in [0.5, 0.6) is 17.2 Å². The molecule has 0 atom stereocenters. The fourth-order valence-electron chi connectivity index (χ4n) is 7.54. The lowest BCUT2D eigenvalue weighted by atomic mass is 10.1. The maximum atomic E-state index is 14.1. The van der Waals surface area contributed by atoms with Crippen LogP contribution in [0.1, 0.15) is 40.3 Å². The number of hydrogen-bond donors (Lipinski definition) is 0. The van der Waals surface area contributed by atoms with E-state index in [1.54, 1.807) is 42.5 Å². The van der Waals surface area contributed by atoms with E-state index in [0.29, 0.717) is 24.8 Å². The highest BCUT2D eigenvalue weighted by atomic mass is 32.2. The Morgan fingerprint density at radius 1 is 0.393 bits per heavy atom. The molecule has 1 heterocycles. The number of oxime groups is 3. The van der Waals surface area contributed by atoms with Gasteiger partial charge in [0.05, 0.1) is 25.3 Å². The van der Waals surface area contributed by atoms with E-state index in [-0.39, 0.29) is 40.7 Å². The van der Waals surface area contributed by atoms with Gasteiger partial charge >= 0.3 is 59.8 Å². The Bertz CT molecular complexity index is 3830. The Kier molecular flexibility index (Phi) is 20.4. The van der Waals surface area contributed by atoms with Gasteiger partial charge < -0.3 is 14.2 Å². The van der Waals surface area contributed by atoms with Crippen LogP contribution in [0.25, 0.3) is 0 Å². The largest absolute Gasteiger partial charge is 0.492 e. The zero-order valence-corrected chi connectivity index (χ0v) is 46.2. The van der Waals surface area contributed by atoms with Crippen molar-refractivity contribution in [1.82, 2.24) is 13.7 Å². The van der Waals surface area contributed by atoms with Crippen LogP contribution in [0.4, 0.5) is 26.3 Å². The van der Waals surface area contributed by atoms with Crippen molar-refractivity contribution in [2.24, 2.45) is 15.5 Å². The second-order valence-electron chi connectivity index (χ2n) is 17.8. The summed E-state index contributed by atoms with van der Waals surface area (Å²) in [4.78, 5) is 41.6. The predicted molar refractivity (Wildman–Crippen MR) is 293 cm³/mol. The molecule has 0 radical (unpaired) electrons. The minimum Gasteiger partial charge on any atom is -0.492 e. The van der Waals surface area contributed by atoms with E-state index in [9.17, 15) is 66.0 Å². The van der Waals surface area contributed by atoms with Gasteiger partial charge in [-0.05, 0) is 102 Å². The zero-order valence-electron chi connectivity index (χ0n) is 43.8. The Hall–Kier alpha value is -9.03. The topological polar surface area (TPSA) is 261 Å². The fourth-order valence-corrected chi connectivity index (χ4v) is 10.1. The molecular formula is C54H48F6N6O15S3. The summed E-state index contributed by atoms with van der Waals surface area (Å²) in [6, 6.07) is 37.2. The predicted octanol–water partition coefficient (Wildman–Crippen LogP) is 7.31. The zero-order chi connectivity index (χ0) is 60.7. The summed E-state index contributed by atoms with van der Waals surface area (Å²) in [6.45, 7) is -1.46. The minimum atomic E-state index is -5.19. The molecule has 0 aliphatic heterocycles. The normalized spacial score (nSPS) is 12.8. The third-order valence-corrected chi connectivity index (χ3v) is 14.5. The van der Waals surface area contributed by atoms with Crippen molar-refractivity contribution < 1.29 is 78.7 Å². The molecular weight excluding hydrogens is 1180 g/mol. The number of alkyl halides is 6. The van der Waals surface area contributed by atoms with Crippen molar-refractivity contribution in [3.8, 4) is 17.2 Å². The molecule has 0 aliphatic carbocycles. The summed E-state index contributed by atoms with van der Waals surface area (Å²) in [6.07, 6.45) is -10.4. The number of benzene rings is 6. The van der Waals surface area contributed by atoms with Gasteiger partial charge in [-0.25, -0.2) is 28.1 Å². The number of hydrogen-bond acceptors (Lipinski definition) is 18. The molecule has 30 heteroatoms. The minimum absolute atomic E-state index is 0.0882. The number of halogens is 6. The van der Waals surface area contributed by atoms with Gasteiger partial charge in [0.25, 0.3) is 0 Å². The van der Waals surface area contributed by atoms with E-state index in [1.807, 2.05) is 0 Å². The Labute approximate surface area is 475 Å². The van der Waals surface area contributed by atoms with Crippen LogP contribution in [0.2, 0.25) is 0 Å².